The SMILES string of the molecule is NS(=O)(=O)c1ccc2c(c1)NC(=O)C(c1ccccc1)N2C(=O)C(F)(F)F. The average molecular weight is 399 g/mol. The summed E-state index contributed by atoms with van der Waals surface area (Å²) in [6.45, 7) is 0. The van der Waals surface area contributed by atoms with Crippen molar-refractivity contribution < 1.29 is 31.2 Å². The number of nitrogens with one attached hydrogen (secondary N) is 1. The fourth-order valence-electron chi connectivity index (χ4n) is 2.76. The summed E-state index contributed by atoms with van der Waals surface area (Å²) in [5.41, 5.74) is -0.400. The molecule has 0 fully saturated rings. The van der Waals surface area contributed by atoms with Gasteiger partial charge in [0.1, 0.15) is 6.04 Å². The van der Waals surface area contributed by atoms with Gasteiger partial charge in [0.15, 0.2) is 0 Å². The molecule has 142 valence electrons. The average Bonchev–Trinajstić information content (AvgIpc) is 2.58. The van der Waals surface area contributed by atoms with E-state index in [2.05, 4.69) is 5.32 Å². The van der Waals surface area contributed by atoms with E-state index in [-0.39, 0.29) is 16.9 Å². The maximum atomic E-state index is 13.2. The summed E-state index contributed by atoms with van der Waals surface area (Å²) in [5, 5.41) is 7.34. The molecule has 2 aromatic carbocycles. The van der Waals surface area contributed by atoms with Crippen molar-refractivity contribution in [1.82, 2.24) is 0 Å². The zero-order chi connectivity index (χ0) is 20.0. The Morgan fingerprint density at radius 3 is 2.30 bits per heavy atom. The van der Waals surface area contributed by atoms with E-state index in [1.165, 1.54) is 24.3 Å². The number of anilines is 2. The normalized spacial score (nSPS) is 17.3. The number of nitrogens with zero attached hydrogens (tertiary/aromatic N) is 1. The first-order valence-corrected chi connectivity index (χ1v) is 8.98. The first kappa shape index (κ1) is 18.9. The molecule has 1 aliphatic heterocycles. The van der Waals surface area contributed by atoms with Crippen LogP contribution in [-0.2, 0) is 19.6 Å². The number of rotatable bonds is 2. The number of carbonyl (C=O) groups excluding carboxylic acids is 2. The van der Waals surface area contributed by atoms with E-state index in [0.717, 1.165) is 18.2 Å². The van der Waals surface area contributed by atoms with Crippen molar-refractivity contribution in [2.24, 2.45) is 5.14 Å². The summed E-state index contributed by atoms with van der Waals surface area (Å²) in [5.74, 6) is -3.17. The first-order valence-electron chi connectivity index (χ1n) is 7.43. The van der Waals surface area contributed by atoms with Gasteiger partial charge in [0.25, 0.3) is 5.91 Å². The second-order valence-corrected chi connectivity index (χ2v) is 7.26. The number of nitrogens with two attached hydrogens (primary N) is 1. The predicted octanol–water partition coefficient (Wildman–Crippen LogP) is 1.92. The molecular formula is C16H12F3N3O4S. The Balaban J connectivity index is 2.22. The van der Waals surface area contributed by atoms with Gasteiger partial charge in [-0.15, -0.1) is 0 Å². The molecule has 2 aromatic rings. The summed E-state index contributed by atoms with van der Waals surface area (Å²) in [7, 11) is -4.16. The van der Waals surface area contributed by atoms with Crippen molar-refractivity contribution in [3.05, 3.63) is 54.1 Å². The van der Waals surface area contributed by atoms with E-state index in [0.29, 0.717) is 4.90 Å². The molecule has 3 N–H and O–H groups in total. The molecule has 27 heavy (non-hydrogen) atoms. The van der Waals surface area contributed by atoms with E-state index in [1.807, 2.05) is 0 Å². The van der Waals surface area contributed by atoms with Gasteiger partial charge in [0.05, 0.1) is 16.3 Å². The van der Waals surface area contributed by atoms with Gasteiger partial charge in [-0.05, 0) is 23.8 Å². The predicted molar refractivity (Wildman–Crippen MR) is 89.2 cm³/mol. The molecule has 11 heteroatoms. The third kappa shape index (κ3) is 3.51. The second-order valence-electron chi connectivity index (χ2n) is 5.70. The number of amides is 2. The molecule has 0 saturated heterocycles. The fraction of sp³-hybridized carbons (Fsp3) is 0.125. The van der Waals surface area contributed by atoms with Gasteiger partial charge < -0.3 is 5.32 Å². The molecule has 0 aliphatic carbocycles. The van der Waals surface area contributed by atoms with Crippen LogP contribution in [0.25, 0.3) is 0 Å². The minimum absolute atomic E-state index is 0.161. The highest BCUT2D eigenvalue weighted by Crippen LogP contribution is 2.41. The second kappa shape index (κ2) is 6.35. The van der Waals surface area contributed by atoms with Gasteiger partial charge in [-0.25, -0.2) is 13.6 Å². The first-order chi connectivity index (χ1) is 12.5. The minimum atomic E-state index is -5.25. The number of halogens is 3. The van der Waals surface area contributed by atoms with Crippen molar-refractivity contribution in [3.63, 3.8) is 0 Å². The number of carbonyl (C=O) groups is 2. The smallest absolute Gasteiger partial charge is 0.322 e. The van der Waals surface area contributed by atoms with Crippen molar-refractivity contribution in [2.75, 3.05) is 10.2 Å². The van der Waals surface area contributed by atoms with Crippen LogP contribution < -0.4 is 15.4 Å². The molecule has 1 atom stereocenters. The topological polar surface area (TPSA) is 110 Å². The number of hydrogen-bond acceptors (Lipinski definition) is 4. The number of hydrogen-bond donors (Lipinski definition) is 2. The molecular weight excluding hydrogens is 387 g/mol. The zero-order valence-electron chi connectivity index (χ0n) is 13.4. The van der Waals surface area contributed by atoms with Gasteiger partial charge in [0.2, 0.25) is 10.0 Å². The highest BCUT2D eigenvalue weighted by Gasteiger charge is 2.49. The van der Waals surface area contributed by atoms with Crippen LogP contribution in [-0.4, -0.2) is 26.4 Å². The zero-order valence-corrected chi connectivity index (χ0v) is 14.2. The molecule has 7 nitrogen and oxygen atoms in total. The highest BCUT2D eigenvalue weighted by atomic mass is 32.2. The molecule has 0 spiro atoms. The van der Waals surface area contributed by atoms with Crippen LogP contribution in [0, 0.1) is 0 Å². The Bertz CT molecular complexity index is 1020. The molecule has 1 unspecified atom stereocenters. The largest absolute Gasteiger partial charge is 0.471 e. The molecule has 3 rings (SSSR count). The molecule has 0 bridgehead atoms. The van der Waals surface area contributed by atoms with Gasteiger partial charge in [-0.1, -0.05) is 30.3 Å². The third-order valence-corrected chi connectivity index (χ3v) is 4.81. The maximum absolute atomic E-state index is 13.2. The molecule has 0 aromatic heterocycles. The lowest BCUT2D eigenvalue weighted by Gasteiger charge is -2.37. The van der Waals surface area contributed by atoms with Gasteiger partial charge in [0, 0.05) is 0 Å². The van der Waals surface area contributed by atoms with Gasteiger partial charge in [-0.3, -0.25) is 14.5 Å². The van der Waals surface area contributed by atoms with E-state index in [9.17, 15) is 31.2 Å². The lowest BCUT2D eigenvalue weighted by molar-refractivity contribution is -0.171. The summed E-state index contributed by atoms with van der Waals surface area (Å²) in [6.07, 6.45) is -5.25. The number of primary sulfonamides is 1. The number of sulfonamides is 1. The Labute approximate surface area is 151 Å². The van der Waals surface area contributed by atoms with Gasteiger partial charge >= 0.3 is 12.1 Å². The Kier molecular flexibility index (Phi) is 4.44. The van der Waals surface area contributed by atoms with Crippen LogP contribution >= 0.6 is 0 Å². The maximum Gasteiger partial charge on any atom is 0.471 e. The lowest BCUT2D eigenvalue weighted by atomic mass is 10.00. The van der Waals surface area contributed by atoms with Crippen LogP contribution in [0.4, 0.5) is 24.5 Å². The Morgan fingerprint density at radius 2 is 1.74 bits per heavy atom. The van der Waals surface area contributed by atoms with Gasteiger partial charge in [-0.2, -0.15) is 13.2 Å². The van der Waals surface area contributed by atoms with E-state index < -0.39 is 39.0 Å². The van der Waals surface area contributed by atoms with Crippen LogP contribution in [0.2, 0.25) is 0 Å². The lowest BCUT2D eigenvalue weighted by Crippen LogP contribution is -2.50. The summed E-state index contributed by atoms with van der Waals surface area (Å²) < 4.78 is 62.5. The van der Waals surface area contributed by atoms with Crippen LogP contribution in [0.3, 0.4) is 0 Å². The number of alkyl halides is 3. The van der Waals surface area contributed by atoms with Crippen molar-refractivity contribution >= 4 is 33.2 Å². The molecule has 2 amide bonds. The molecule has 0 saturated carbocycles. The summed E-state index contributed by atoms with van der Waals surface area (Å²) in [4.78, 5) is 24.5. The number of benzene rings is 2. The molecule has 1 aliphatic rings. The highest BCUT2D eigenvalue weighted by molar-refractivity contribution is 7.89. The Hall–Kier alpha value is -2.92. The quantitative estimate of drug-likeness (QED) is 0.804. The van der Waals surface area contributed by atoms with E-state index >= 15 is 0 Å². The molecule has 0 radical (unpaired) electrons. The third-order valence-electron chi connectivity index (χ3n) is 3.90. The van der Waals surface area contributed by atoms with Crippen molar-refractivity contribution in [3.8, 4) is 0 Å². The van der Waals surface area contributed by atoms with E-state index in [4.69, 9.17) is 5.14 Å². The van der Waals surface area contributed by atoms with Crippen molar-refractivity contribution in [1.29, 1.82) is 0 Å². The Morgan fingerprint density at radius 1 is 1.11 bits per heavy atom. The summed E-state index contributed by atoms with van der Waals surface area (Å²) in [6, 6.07) is 8.73. The van der Waals surface area contributed by atoms with Crippen molar-refractivity contribution in [2.45, 2.75) is 17.1 Å². The minimum Gasteiger partial charge on any atom is -0.322 e. The standard InChI is InChI=1S/C16H12F3N3O4S/c17-16(18,19)15(24)22-12-7-6-10(27(20,25)26)8-11(12)21-14(23)13(22)9-4-2-1-3-5-9/h1-8,13H,(H,21,23)(H2,20,25,26). The summed E-state index contributed by atoms with van der Waals surface area (Å²) >= 11 is 0. The van der Waals surface area contributed by atoms with Crippen LogP contribution in [0.15, 0.2) is 53.4 Å². The monoisotopic (exact) mass is 399 g/mol. The van der Waals surface area contributed by atoms with E-state index in [1.54, 1.807) is 6.07 Å². The molecule has 1 heterocycles. The van der Waals surface area contributed by atoms with Crippen LogP contribution in [0.1, 0.15) is 11.6 Å². The fourth-order valence-corrected chi connectivity index (χ4v) is 3.30. The van der Waals surface area contributed by atoms with Crippen LogP contribution in [0.5, 0.6) is 0 Å². The number of fused-ring (bicyclic) bond motifs is 1.